The van der Waals surface area contributed by atoms with Crippen molar-refractivity contribution in [2.75, 3.05) is 39.9 Å². The maximum absolute atomic E-state index is 5.50. The van der Waals surface area contributed by atoms with Crippen molar-refractivity contribution >= 4 is 0 Å². The molecule has 1 atom stereocenters. The van der Waals surface area contributed by atoms with Gasteiger partial charge in [0.2, 0.25) is 0 Å². The van der Waals surface area contributed by atoms with Crippen molar-refractivity contribution in [3.63, 3.8) is 0 Å². The van der Waals surface area contributed by atoms with Gasteiger partial charge in [-0.2, -0.15) is 0 Å². The maximum atomic E-state index is 5.50. The lowest BCUT2D eigenvalue weighted by Crippen LogP contribution is -2.17. The third-order valence-electron chi connectivity index (χ3n) is 2.34. The Kier molecular flexibility index (Phi) is 4.58. The van der Waals surface area contributed by atoms with Crippen molar-refractivity contribution < 1.29 is 4.74 Å². The van der Waals surface area contributed by atoms with Gasteiger partial charge in [0.1, 0.15) is 0 Å². The average molecular weight is 172 g/mol. The highest BCUT2D eigenvalue weighted by Crippen LogP contribution is 2.14. The third-order valence-corrected chi connectivity index (χ3v) is 2.34. The van der Waals surface area contributed by atoms with Crippen LogP contribution in [0.3, 0.4) is 0 Å². The monoisotopic (exact) mass is 172 g/mol. The molecule has 0 aromatic rings. The molecular weight excluding hydrogens is 152 g/mol. The molecule has 0 aromatic carbocycles. The molecule has 12 heavy (non-hydrogen) atoms. The molecule has 1 aliphatic heterocycles. The fourth-order valence-electron chi connectivity index (χ4n) is 1.60. The normalized spacial score (nSPS) is 25.0. The van der Waals surface area contributed by atoms with Crippen LogP contribution in [0.25, 0.3) is 0 Å². The van der Waals surface area contributed by atoms with Crippen LogP contribution in [0, 0.1) is 5.92 Å². The number of hydrogen-bond donors (Lipinski definition) is 1. The lowest BCUT2D eigenvalue weighted by Gasteiger charge is -2.10. The first-order chi connectivity index (χ1) is 5.83. The number of ether oxygens (including phenoxy) is 1. The second-order valence-corrected chi connectivity index (χ2v) is 3.63. The number of hydrogen-bond acceptors (Lipinski definition) is 3. The van der Waals surface area contributed by atoms with E-state index in [-0.39, 0.29) is 0 Å². The number of nitrogens with zero attached hydrogens (tertiary/aromatic N) is 1. The summed E-state index contributed by atoms with van der Waals surface area (Å²) in [6.07, 6.45) is 2.28. The van der Waals surface area contributed by atoms with E-state index < -0.39 is 0 Å². The van der Waals surface area contributed by atoms with E-state index in [2.05, 4.69) is 11.9 Å². The summed E-state index contributed by atoms with van der Waals surface area (Å²) < 4.78 is 5.50. The van der Waals surface area contributed by atoms with Crippen LogP contribution in [-0.2, 0) is 4.74 Å². The summed E-state index contributed by atoms with van der Waals surface area (Å²) in [5, 5.41) is 0. The summed E-state index contributed by atoms with van der Waals surface area (Å²) in [6.45, 7) is 4.92. The molecular formula is C9H20N2O. The SMILES string of the molecule is CN1CCC(COCCCN)C1. The minimum Gasteiger partial charge on any atom is -0.381 e. The molecule has 2 N–H and O–H groups in total. The Hall–Kier alpha value is -0.120. The lowest BCUT2D eigenvalue weighted by atomic mass is 10.1. The molecule has 1 aliphatic rings. The van der Waals surface area contributed by atoms with Crippen LogP contribution in [0.15, 0.2) is 0 Å². The predicted molar refractivity (Wildman–Crippen MR) is 50.1 cm³/mol. The van der Waals surface area contributed by atoms with Gasteiger partial charge in [-0.15, -0.1) is 0 Å². The van der Waals surface area contributed by atoms with E-state index in [0.717, 1.165) is 32.1 Å². The standard InChI is InChI=1S/C9H20N2O/c1-11-5-3-9(7-11)8-12-6-2-4-10/h9H,2-8,10H2,1H3. The average Bonchev–Trinajstić information content (AvgIpc) is 2.45. The third kappa shape index (κ3) is 3.52. The molecule has 1 unspecified atom stereocenters. The van der Waals surface area contributed by atoms with Gasteiger partial charge < -0.3 is 15.4 Å². The first-order valence-corrected chi connectivity index (χ1v) is 4.79. The van der Waals surface area contributed by atoms with Gasteiger partial charge in [-0.05, 0) is 38.9 Å². The first-order valence-electron chi connectivity index (χ1n) is 4.79. The largest absolute Gasteiger partial charge is 0.381 e. The van der Waals surface area contributed by atoms with Crippen molar-refractivity contribution in [3.05, 3.63) is 0 Å². The second-order valence-electron chi connectivity index (χ2n) is 3.63. The van der Waals surface area contributed by atoms with E-state index in [1.54, 1.807) is 0 Å². The van der Waals surface area contributed by atoms with E-state index in [4.69, 9.17) is 10.5 Å². The topological polar surface area (TPSA) is 38.5 Å². The molecule has 3 heteroatoms. The zero-order valence-electron chi connectivity index (χ0n) is 7.96. The Morgan fingerprint density at radius 3 is 3.00 bits per heavy atom. The van der Waals surface area contributed by atoms with E-state index >= 15 is 0 Å². The van der Waals surface area contributed by atoms with Gasteiger partial charge in [0.25, 0.3) is 0 Å². The zero-order chi connectivity index (χ0) is 8.81. The fourth-order valence-corrected chi connectivity index (χ4v) is 1.60. The molecule has 1 rings (SSSR count). The Morgan fingerprint density at radius 2 is 2.42 bits per heavy atom. The molecule has 1 saturated heterocycles. The van der Waals surface area contributed by atoms with Gasteiger partial charge in [-0.1, -0.05) is 0 Å². The van der Waals surface area contributed by atoms with Gasteiger partial charge in [-0.25, -0.2) is 0 Å². The van der Waals surface area contributed by atoms with Crippen LogP contribution in [0.4, 0.5) is 0 Å². The maximum Gasteiger partial charge on any atom is 0.0506 e. The number of rotatable bonds is 5. The quantitative estimate of drug-likeness (QED) is 0.606. The zero-order valence-corrected chi connectivity index (χ0v) is 7.96. The lowest BCUT2D eigenvalue weighted by molar-refractivity contribution is 0.101. The Morgan fingerprint density at radius 1 is 1.58 bits per heavy atom. The number of nitrogens with two attached hydrogens (primary N) is 1. The summed E-state index contributed by atoms with van der Waals surface area (Å²) >= 11 is 0. The van der Waals surface area contributed by atoms with Crippen LogP contribution in [0.5, 0.6) is 0 Å². The van der Waals surface area contributed by atoms with Crippen molar-refractivity contribution in [1.82, 2.24) is 4.90 Å². The van der Waals surface area contributed by atoms with Crippen molar-refractivity contribution in [2.24, 2.45) is 11.7 Å². The highest BCUT2D eigenvalue weighted by atomic mass is 16.5. The predicted octanol–water partition coefficient (Wildman–Crippen LogP) is 0.304. The Balaban J connectivity index is 1.93. The van der Waals surface area contributed by atoms with Crippen LogP contribution < -0.4 is 5.73 Å². The molecule has 0 radical (unpaired) electrons. The summed E-state index contributed by atoms with van der Waals surface area (Å²) in [6, 6.07) is 0. The van der Waals surface area contributed by atoms with Crippen molar-refractivity contribution in [2.45, 2.75) is 12.8 Å². The molecule has 3 nitrogen and oxygen atoms in total. The number of likely N-dealkylation sites (tertiary alicyclic amines) is 1. The van der Waals surface area contributed by atoms with E-state index in [1.165, 1.54) is 19.5 Å². The van der Waals surface area contributed by atoms with Gasteiger partial charge in [0.15, 0.2) is 0 Å². The Labute approximate surface area is 74.9 Å². The van der Waals surface area contributed by atoms with Crippen molar-refractivity contribution in [3.8, 4) is 0 Å². The minimum atomic E-state index is 0.741. The highest BCUT2D eigenvalue weighted by Gasteiger charge is 2.18. The molecule has 0 bridgehead atoms. The second kappa shape index (κ2) is 5.51. The fraction of sp³-hybridized carbons (Fsp3) is 1.00. The molecule has 0 amide bonds. The summed E-state index contributed by atoms with van der Waals surface area (Å²) in [5.74, 6) is 0.757. The van der Waals surface area contributed by atoms with E-state index in [0.29, 0.717) is 0 Å². The van der Waals surface area contributed by atoms with E-state index in [9.17, 15) is 0 Å². The molecule has 1 fully saturated rings. The van der Waals surface area contributed by atoms with Gasteiger partial charge in [-0.3, -0.25) is 0 Å². The van der Waals surface area contributed by atoms with Gasteiger partial charge >= 0.3 is 0 Å². The van der Waals surface area contributed by atoms with Crippen molar-refractivity contribution in [1.29, 1.82) is 0 Å². The molecule has 0 aromatic heterocycles. The molecule has 0 spiro atoms. The van der Waals surface area contributed by atoms with Crippen LogP contribution in [0.1, 0.15) is 12.8 Å². The summed E-state index contributed by atoms with van der Waals surface area (Å²) in [7, 11) is 2.17. The molecule has 0 saturated carbocycles. The van der Waals surface area contributed by atoms with E-state index in [1.807, 2.05) is 0 Å². The molecule has 72 valence electrons. The Bertz CT molecular complexity index is 119. The minimum absolute atomic E-state index is 0.741. The first kappa shape index (κ1) is 9.96. The van der Waals surface area contributed by atoms with Crippen LogP contribution in [0.2, 0.25) is 0 Å². The summed E-state index contributed by atoms with van der Waals surface area (Å²) in [4.78, 5) is 2.36. The summed E-state index contributed by atoms with van der Waals surface area (Å²) in [5.41, 5.74) is 5.36. The highest BCUT2D eigenvalue weighted by molar-refractivity contribution is 4.72. The van der Waals surface area contributed by atoms with Crippen LogP contribution in [-0.4, -0.2) is 44.8 Å². The van der Waals surface area contributed by atoms with Crippen LogP contribution >= 0.6 is 0 Å². The smallest absolute Gasteiger partial charge is 0.0506 e. The molecule has 1 heterocycles. The molecule has 0 aliphatic carbocycles. The van der Waals surface area contributed by atoms with Gasteiger partial charge in [0, 0.05) is 13.2 Å². The van der Waals surface area contributed by atoms with Gasteiger partial charge in [0.05, 0.1) is 6.61 Å².